The second-order valence-electron chi connectivity index (χ2n) is 12.2. The number of rotatable bonds is 3. The number of aromatic amines is 1. The van der Waals surface area contributed by atoms with Crippen molar-refractivity contribution in [3.8, 4) is 0 Å². The first kappa shape index (κ1) is 29.8. The van der Waals surface area contributed by atoms with Gasteiger partial charge in [0.2, 0.25) is 11.8 Å². The van der Waals surface area contributed by atoms with Gasteiger partial charge in [-0.3, -0.25) is 19.2 Å². The van der Waals surface area contributed by atoms with Crippen LogP contribution in [0.5, 0.6) is 0 Å². The Bertz CT molecular complexity index is 1580. The van der Waals surface area contributed by atoms with Gasteiger partial charge in [0.15, 0.2) is 0 Å². The van der Waals surface area contributed by atoms with Crippen LogP contribution in [0.25, 0.3) is 0 Å². The number of benzene rings is 1. The van der Waals surface area contributed by atoms with Gasteiger partial charge in [0.05, 0.1) is 12.6 Å². The summed E-state index contributed by atoms with van der Waals surface area (Å²) in [6, 6.07) is 10.6. The van der Waals surface area contributed by atoms with Crippen LogP contribution in [0, 0.1) is 6.92 Å². The third-order valence-electron chi connectivity index (χ3n) is 9.10. The minimum absolute atomic E-state index is 0.0837. The Balaban J connectivity index is 1.34. The monoisotopic (exact) mass is 599 g/mol. The van der Waals surface area contributed by atoms with Crippen molar-refractivity contribution in [1.82, 2.24) is 34.9 Å². The molecule has 2 N–H and O–H groups in total. The minimum atomic E-state index is -0.554. The van der Waals surface area contributed by atoms with E-state index in [9.17, 15) is 19.2 Å². The molecule has 44 heavy (non-hydrogen) atoms. The van der Waals surface area contributed by atoms with Gasteiger partial charge in [-0.25, -0.2) is 9.67 Å². The number of H-pyrrole nitrogens is 1. The second-order valence-corrected chi connectivity index (χ2v) is 12.2. The Morgan fingerprint density at radius 3 is 2.59 bits per heavy atom. The highest BCUT2D eigenvalue weighted by molar-refractivity contribution is 5.94. The molecule has 6 rings (SSSR count). The summed E-state index contributed by atoms with van der Waals surface area (Å²) < 4.78 is 1.77. The first-order chi connectivity index (χ1) is 21.4. The predicted octanol–water partition coefficient (Wildman–Crippen LogP) is 2.87. The number of carbonyl (C=O) groups excluding carboxylic acids is 3. The lowest BCUT2D eigenvalue weighted by Gasteiger charge is -2.36. The van der Waals surface area contributed by atoms with Gasteiger partial charge in [0.1, 0.15) is 23.3 Å². The Hall–Kier alpha value is -4.28. The summed E-state index contributed by atoms with van der Waals surface area (Å²) in [6.07, 6.45) is 7.19. The number of carbonyl (C=O) groups is 3. The van der Waals surface area contributed by atoms with E-state index in [0.717, 1.165) is 55.3 Å². The van der Waals surface area contributed by atoms with Crippen LogP contribution in [0.1, 0.15) is 89.8 Å². The normalized spacial score (nSPS) is 21.5. The van der Waals surface area contributed by atoms with Crippen molar-refractivity contribution in [2.24, 2.45) is 0 Å². The summed E-state index contributed by atoms with van der Waals surface area (Å²) in [5.41, 5.74) is 2.76. The summed E-state index contributed by atoms with van der Waals surface area (Å²) in [7, 11) is 0. The molecule has 11 nitrogen and oxygen atoms in total. The molecule has 3 aliphatic rings. The molecular weight excluding hydrogens is 558 g/mol. The van der Waals surface area contributed by atoms with Gasteiger partial charge < -0.3 is 20.1 Å². The Labute approximate surface area is 257 Å². The van der Waals surface area contributed by atoms with Crippen molar-refractivity contribution < 1.29 is 14.4 Å². The number of pyridine rings is 1. The molecule has 1 aromatic carbocycles. The molecule has 0 spiro atoms. The second kappa shape index (κ2) is 13.2. The fraction of sp³-hybridized carbons (Fsp3) is 0.515. The highest BCUT2D eigenvalue weighted by atomic mass is 16.2. The van der Waals surface area contributed by atoms with Crippen LogP contribution < -0.4 is 10.9 Å². The van der Waals surface area contributed by atoms with Gasteiger partial charge in [-0.1, -0.05) is 30.3 Å². The minimum Gasteiger partial charge on any atom is -0.344 e. The van der Waals surface area contributed by atoms with Crippen LogP contribution >= 0.6 is 0 Å². The van der Waals surface area contributed by atoms with Crippen LogP contribution in [0.2, 0.25) is 0 Å². The average molecular weight is 600 g/mol. The topological polar surface area (TPSA) is 133 Å². The van der Waals surface area contributed by atoms with Crippen molar-refractivity contribution in [2.75, 3.05) is 19.6 Å². The smallest absolute Gasteiger partial charge is 0.261 e. The summed E-state index contributed by atoms with van der Waals surface area (Å²) in [4.78, 5) is 65.3. The number of amides is 3. The molecule has 2 aliphatic heterocycles. The number of aromatic nitrogens is 4. The first-order valence-electron chi connectivity index (χ1n) is 16.0. The number of aryl methyl sites for hydroxylation is 3. The fourth-order valence-corrected chi connectivity index (χ4v) is 6.82. The van der Waals surface area contributed by atoms with Gasteiger partial charge in [-0.15, -0.1) is 0 Å². The van der Waals surface area contributed by atoms with Gasteiger partial charge >= 0.3 is 0 Å². The van der Waals surface area contributed by atoms with E-state index in [1.54, 1.807) is 20.5 Å². The van der Waals surface area contributed by atoms with Crippen molar-refractivity contribution in [1.29, 1.82) is 0 Å². The number of nitrogens with one attached hydrogen (secondary N) is 2. The molecule has 1 fully saturated rings. The SMILES string of the molecule is Cc1nc2n(n1)CCN(C(=O)c1cc3c([nH]c1=O)CCCC3)CCCC(=O)N1CCCC[C@H]1C(=O)N[C@@H]2Cc1ccccc1. The molecule has 11 heteroatoms. The van der Waals surface area contributed by atoms with Gasteiger partial charge in [0, 0.05) is 31.7 Å². The van der Waals surface area contributed by atoms with Crippen molar-refractivity contribution in [3.63, 3.8) is 0 Å². The summed E-state index contributed by atoms with van der Waals surface area (Å²) >= 11 is 0. The molecule has 4 heterocycles. The number of hydrogen-bond acceptors (Lipinski definition) is 6. The zero-order valence-electron chi connectivity index (χ0n) is 25.4. The molecule has 0 unspecified atom stereocenters. The van der Waals surface area contributed by atoms with Crippen LogP contribution in [-0.2, 0) is 35.4 Å². The Morgan fingerprint density at radius 2 is 1.75 bits per heavy atom. The van der Waals surface area contributed by atoms with E-state index >= 15 is 0 Å². The zero-order valence-corrected chi connectivity index (χ0v) is 25.4. The summed E-state index contributed by atoms with van der Waals surface area (Å²) in [5.74, 6) is 0.563. The van der Waals surface area contributed by atoms with Crippen molar-refractivity contribution in [2.45, 2.75) is 89.8 Å². The van der Waals surface area contributed by atoms with Gasteiger partial charge in [0.25, 0.3) is 11.5 Å². The van der Waals surface area contributed by atoms with Crippen LogP contribution in [0.15, 0.2) is 41.2 Å². The number of nitrogens with zero attached hydrogens (tertiary/aromatic N) is 5. The van der Waals surface area contributed by atoms with E-state index in [-0.39, 0.29) is 41.8 Å². The van der Waals surface area contributed by atoms with E-state index in [1.165, 1.54) is 0 Å². The summed E-state index contributed by atoms with van der Waals surface area (Å²) in [6.45, 7) is 3.25. The standard InChI is InChI=1S/C33H41N7O4/c1-22-34-30-27(20-23-10-3-2-4-11-23)36-32(43)28-14-7-8-17-39(28)29(41)15-9-16-38(18-19-40(30)37-22)33(44)25-21-24-12-5-6-13-26(24)35-31(25)42/h2-4,10-11,21,27-28H,5-9,12-20H2,1H3,(H,35,42)(H,36,43)/t27-,28+/m1/s1. The fourth-order valence-electron chi connectivity index (χ4n) is 6.82. The lowest BCUT2D eigenvalue weighted by Crippen LogP contribution is -2.53. The molecule has 1 saturated heterocycles. The largest absolute Gasteiger partial charge is 0.344 e. The number of hydrogen-bond donors (Lipinski definition) is 2. The number of fused-ring (bicyclic) bond motifs is 3. The van der Waals surface area contributed by atoms with Crippen LogP contribution in [0.4, 0.5) is 0 Å². The molecule has 3 amide bonds. The van der Waals surface area contributed by atoms with E-state index < -0.39 is 12.1 Å². The van der Waals surface area contributed by atoms with Crippen molar-refractivity contribution >= 4 is 17.7 Å². The number of piperidine rings is 1. The maximum Gasteiger partial charge on any atom is 0.261 e. The highest BCUT2D eigenvalue weighted by Crippen LogP contribution is 2.24. The van der Waals surface area contributed by atoms with Crippen LogP contribution in [-0.4, -0.2) is 72.9 Å². The van der Waals surface area contributed by atoms with E-state index in [2.05, 4.69) is 15.4 Å². The molecule has 3 aromatic rings. The predicted molar refractivity (Wildman–Crippen MR) is 164 cm³/mol. The molecular formula is C33H41N7O4. The van der Waals surface area contributed by atoms with E-state index in [4.69, 9.17) is 4.98 Å². The Morgan fingerprint density at radius 1 is 0.932 bits per heavy atom. The molecule has 232 valence electrons. The Kier molecular flexibility index (Phi) is 8.90. The van der Waals surface area contributed by atoms with E-state index in [0.29, 0.717) is 50.5 Å². The quantitative estimate of drug-likeness (QED) is 0.476. The maximum atomic E-state index is 13.9. The van der Waals surface area contributed by atoms with E-state index in [1.807, 2.05) is 37.3 Å². The maximum absolute atomic E-state index is 13.9. The molecule has 0 bridgehead atoms. The third kappa shape index (κ3) is 6.46. The highest BCUT2D eigenvalue weighted by Gasteiger charge is 2.34. The average Bonchev–Trinajstić information content (AvgIpc) is 3.41. The molecule has 2 aromatic heterocycles. The lowest BCUT2D eigenvalue weighted by molar-refractivity contribution is -0.142. The molecule has 0 radical (unpaired) electrons. The molecule has 2 atom stereocenters. The summed E-state index contributed by atoms with van der Waals surface area (Å²) in [5, 5.41) is 7.88. The molecule has 1 aliphatic carbocycles. The van der Waals surface area contributed by atoms with Gasteiger partial charge in [-0.05, 0) is 81.9 Å². The van der Waals surface area contributed by atoms with Crippen molar-refractivity contribution in [3.05, 3.63) is 80.8 Å². The first-order valence-corrected chi connectivity index (χ1v) is 16.0. The van der Waals surface area contributed by atoms with Gasteiger partial charge in [-0.2, -0.15) is 5.10 Å². The lowest BCUT2D eigenvalue weighted by atomic mass is 9.95. The molecule has 0 saturated carbocycles. The van der Waals surface area contributed by atoms with Crippen LogP contribution in [0.3, 0.4) is 0 Å². The third-order valence-corrected chi connectivity index (χ3v) is 9.10. The zero-order chi connectivity index (χ0) is 30.6.